The minimum absolute atomic E-state index is 0. The van der Waals surface area contributed by atoms with Gasteiger partial charge >= 0.3 is 0 Å². The van der Waals surface area contributed by atoms with E-state index in [9.17, 15) is 5.11 Å². The van der Waals surface area contributed by atoms with E-state index in [1.54, 1.807) is 0 Å². The van der Waals surface area contributed by atoms with Crippen LogP contribution in [-0.2, 0) is 13.1 Å². The average molecular weight is 233 g/mol. The van der Waals surface area contributed by atoms with Gasteiger partial charge < -0.3 is 17.5 Å². The van der Waals surface area contributed by atoms with Crippen LogP contribution in [0.1, 0.15) is 33.6 Å². The van der Waals surface area contributed by atoms with Crippen molar-refractivity contribution in [3.8, 4) is 0 Å². The van der Waals surface area contributed by atoms with Crippen LogP contribution in [0.15, 0.2) is 18.7 Å². The molecule has 1 heterocycles. The first kappa shape index (κ1) is 14.5. The van der Waals surface area contributed by atoms with Crippen LogP contribution in [0.25, 0.3) is 0 Å². The standard InChI is InChI=1S/C11H21N2O.ClH/c1-4-5-6-12-7-8-13(10-12)9-11(2,3)14;/h7-8,10,14H,4-6,9H2,1-3H3;1H/q+1;/p-1. The minimum Gasteiger partial charge on any atom is -1.00 e. The van der Waals surface area contributed by atoms with E-state index >= 15 is 0 Å². The van der Waals surface area contributed by atoms with Crippen molar-refractivity contribution in [1.82, 2.24) is 4.57 Å². The number of imidazole rings is 1. The fourth-order valence-corrected chi connectivity index (χ4v) is 1.45. The number of aliphatic hydroxyl groups is 1. The molecule has 0 radical (unpaired) electrons. The Hall–Kier alpha value is -0.540. The van der Waals surface area contributed by atoms with Crippen LogP contribution in [0.4, 0.5) is 0 Å². The highest BCUT2D eigenvalue weighted by atomic mass is 35.5. The Morgan fingerprint density at radius 1 is 1.40 bits per heavy atom. The van der Waals surface area contributed by atoms with Crippen LogP contribution in [0.3, 0.4) is 0 Å². The normalized spacial score (nSPS) is 11.2. The van der Waals surface area contributed by atoms with E-state index in [1.807, 2.05) is 30.9 Å². The quantitative estimate of drug-likeness (QED) is 0.606. The second kappa shape index (κ2) is 6.13. The van der Waals surface area contributed by atoms with Crippen molar-refractivity contribution in [3.63, 3.8) is 0 Å². The molecule has 0 atom stereocenters. The third-order valence-electron chi connectivity index (χ3n) is 2.09. The molecule has 4 heteroatoms. The van der Waals surface area contributed by atoms with Crippen molar-refractivity contribution < 1.29 is 22.1 Å². The molecule has 1 aromatic heterocycles. The Bertz CT molecular complexity index is 278. The topological polar surface area (TPSA) is 29.0 Å². The largest absolute Gasteiger partial charge is 1.00 e. The van der Waals surface area contributed by atoms with Crippen molar-refractivity contribution in [2.24, 2.45) is 0 Å². The number of rotatable bonds is 5. The molecule has 88 valence electrons. The Morgan fingerprint density at radius 2 is 2.07 bits per heavy atom. The van der Waals surface area contributed by atoms with E-state index in [-0.39, 0.29) is 12.4 Å². The maximum atomic E-state index is 9.63. The second-order valence-corrected chi connectivity index (χ2v) is 4.49. The smallest absolute Gasteiger partial charge is 0.243 e. The lowest BCUT2D eigenvalue weighted by Gasteiger charge is -2.13. The van der Waals surface area contributed by atoms with Crippen LogP contribution < -0.4 is 17.0 Å². The van der Waals surface area contributed by atoms with E-state index in [1.165, 1.54) is 12.8 Å². The lowest BCUT2D eigenvalue weighted by Crippen LogP contribution is -3.00. The van der Waals surface area contributed by atoms with Gasteiger partial charge in [-0.25, -0.2) is 9.13 Å². The summed E-state index contributed by atoms with van der Waals surface area (Å²) in [5.41, 5.74) is -0.637. The molecule has 0 aliphatic carbocycles. The Labute approximate surface area is 98.1 Å². The minimum atomic E-state index is -0.637. The van der Waals surface area contributed by atoms with Gasteiger partial charge in [-0.1, -0.05) is 13.3 Å². The highest BCUT2D eigenvalue weighted by Crippen LogP contribution is 2.00. The molecule has 1 N–H and O–H groups in total. The summed E-state index contributed by atoms with van der Waals surface area (Å²) in [4.78, 5) is 0. The molecule has 1 aromatic rings. The van der Waals surface area contributed by atoms with E-state index in [0.29, 0.717) is 6.54 Å². The summed E-state index contributed by atoms with van der Waals surface area (Å²) < 4.78 is 4.19. The summed E-state index contributed by atoms with van der Waals surface area (Å²) in [7, 11) is 0. The van der Waals surface area contributed by atoms with Gasteiger partial charge in [0.1, 0.15) is 18.9 Å². The molecule has 0 spiro atoms. The summed E-state index contributed by atoms with van der Waals surface area (Å²) in [6.07, 6.45) is 8.53. The van der Waals surface area contributed by atoms with Crippen molar-refractivity contribution in [1.29, 1.82) is 0 Å². The summed E-state index contributed by atoms with van der Waals surface area (Å²) in [5, 5.41) is 9.63. The zero-order chi connectivity index (χ0) is 10.6. The lowest BCUT2D eigenvalue weighted by atomic mass is 10.1. The van der Waals surface area contributed by atoms with Gasteiger partial charge in [0, 0.05) is 0 Å². The number of nitrogens with zero attached hydrogens (tertiary/aromatic N) is 2. The van der Waals surface area contributed by atoms with Gasteiger partial charge in [-0.05, 0) is 20.3 Å². The van der Waals surface area contributed by atoms with E-state index in [2.05, 4.69) is 17.7 Å². The molecule has 0 aliphatic heterocycles. The molecule has 0 fully saturated rings. The van der Waals surface area contributed by atoms with Gasteiger partial charge in [-0.3, -0.25) is 0 Å². The van der Waals surface area contributed by atoms with Crippen LogP contribution >= 0.6 is 0 Å². The highest BCUT2D eigenvalue weighted by Gasteiger charge is 2.17. The monoisotopic (exact) mass is 232 g/mol. The maximum absolute atomic E-state index is 9.63. The third kappa shape index (κ3) is 5.80. The van der Waals surface area contributed by atoms with Crippen LogP contribution in [0.5, 0.6) is 0 Å². The molecule has 0 amide bonds. The summed E-state index contributed by atoms with van der Waals surface area (Å²) >= 11 is 0. The molecule has 3 nitrogen and oxygen atoms in total. The number of hydrogen-bond donors (Lipinski definition) is 1. The summed E-state index contributed by atoms with van der Waals surface area (Å²) in [6, 6.07) is 0. The molecule has 0 bridgehead atoms. The third-order valence-corrected chi connectivity index (χ3v) is 2.09. The Balaban J connectivity index is 0.00000196. The molecule has 15 heavy (non-hydrogen) atoms. The zero-order valence-electron chi connectivity index (χ0n) is 9.78. The second-order valence-electron chi connectivity index (χ2n) is 4.49. The number of aryl methyl sites for hydroxylation is 1. The summed E-state index contributed by atoms with van der Waals surface area (Å²) in [5.74, 6) is 0. The number of aromatic nitrogens is 2. The predicted molar refractivity (Wildman–Crippen MR) is 55.8 cm³/mol. The van der Waals surface area contributed by atoms with Crippen molar-refractivity contribution >= 4 is 0 Å². The first-order valence-electron chi connectivity index (χ1n) is 5.28. The van der Waals surface area contributed by atoms with Gasteiger partial charge in [-0.2, -0.15) is 0 Å². The van der Waals surface area contributed by atoms with Gasteiger partial charge in [0.05, 0.1) is 12.1 Å². The highest BCUT2D eigenvalue weighted by molar-refractivity contribution is 4.67. The lowest BCUT2D eigenvalue weighted by molar-refractivity contribution is -0.708. The van der Waals surface area contributed by atoms with Crippen LogP contribution in [0, 0.1) is 0 Å². The van der Waals surface area contributed by atoms with E-state index in [4.69, 9.17) is 0 Å². The van der Waals surface area contributed by atoms with Crippen molar-refractivity contribution in [3.05, 3.63) is 18.7 Å². The van der Waals surface area contributed by atoms with Crippen LogP contribution in [0.2, 0.25) is 0 Å². The molecule has 0 aromatic carbocycles. The van der Waals surface area contributed by atoms with Gasteiger partial charge in [-0.15, -0.1) is 0 Å². The number of halogens is 1. The molecular formula is C11H21ClN2O. The zero-order valence-corrected chi connectivity index (χ0v) is 10.5. The predicted octanol–water partition coefficient (Wildman–Crippen LogP) is -1.65. The molecule has 0 saturated carbocycles. The van der Waals surface area contributed by atoms with Crippen LogP contribution in [-0.4, -0.2) is 15.3 Å². The van der Waals surface area contributed by atoms with E-state index in [0.717, 1.165) is 6.54 Å². The SMILES string of the molecule is CCCCn1cc[n+](CC(C)(C)O)c1.[Cl-]. The number of hydrogen-bond acceptors (Lipinski definition) is 1. The maximum Gasteiger partial charge on any atom is 0.243 e. The average Bonchev–Trinajstić information content (AvgIpc) is 2.46. The Kier molecular flexibility index (Phi) is 5.91. The summed E-state index contributed by atoms with van der Waals surface area (Å²) in [6.45, 7) is 7.54. The fraction of sp³-hybridized carbons (Fsp3) is 0.727. The molecule has 0 saturated heterocycles. The fourth-order valence-electron chi connectivity index (χ4n) is 1.45. The number of unbranched alkanes of at least 4 members (excludes halogenated alkanes) is 1. The van der Waals surface area contributed by atoms with E-state index < -0.39 is 5.60 Å². The molecule has 0 aliphatic rings. The first-order valence-corrected chi connectivity index (χ1v) is 5.28. The van der Waals surface area contributed by atoms with Crippen molar-refractivity contribution in [2.45, 2.75) is 52.3 Å². The van der Waals surface area contributed by atoms with Gasteiger partial charge in [0.2, 0.25) is 6.33 Å². The van der Waals surface area contributed by atoms with Crippen molar-refractivity contribution in [2.75, 3.05) is 0 Å². The molecular weight excluding hydrogens is 212 g/mol. The first-order chi connectivity index (χ1) is 6.51. The van der Waals surface area contributed by atoms with Gasteiger partial charge in [0.15, 0.2) is 0 Å². The van der Waals surface area contributed by atoms with Gasteiger partial charge in [0.25, 0.3) is 0 Å². The Morgan fingerprint density at radius 3 is 2.60 bits per heavy atom. The molecule has 1 rings (SSSR count). The molecule has 0 unspecified atom stereocenters.